The molecular formula is C22H26ClN3O4S. The van der Waals surface area contributed by atoms with E-state index in [4.69, 9.17) is 11.6 Å². The Morgan fingerprint density at radius 2 is 1.65 bits per heavy atom. The summed E-state index contributed by atoms with van der Waals surface area (Å²) in [6.07, 6.45) is 2.90. The third-order valence-corrected chi connectivity index (χ3v) is 6.91. The van der Waals surface area contributed by atoms with Gasteiger partial charge in [-0.1, -0.05) is 37.6 Å². The molecule has 9 heteroatoms. The van der Waals surface area contributed by atoms with Crippen LogP contribution in [0.15, 0.2) is 53.4 Å². The molecule has 0 bridgehead atoms. The minimum absolute atomic E-state index is 0.206. The van der Waals surface area contributed by atoms with Gasteiger partial charge in [0.1, 0.15) is 0 Å². The molecule has 0 aliphatic rings. The van der Waals surface area contributed by atoms with E-state index in [0.717, 1.165) is 0 Å². The predicted octanol–water partition coefficient (Wildman–Crippen LogP) is 3.72. The lowest BCUT2D eigenvalue weighted by Crippen LogP contribution is -2.30. The standard InChI is InChI=1S/C22H26ClN3O4S/c1-5-26(6-2)31(29,30)18-11-7-16(8-12-18)9-14-21(27)24-17-10-13-20(23)19(15-17)22(28)25(3)4/h7-15H,5-6H2,1-4H3,(H,24,27)/b14-9+. The fourth-order valence-electron chi connectivity index (χ4n) is 2.83. The van der Waals surface area contributed by atoms with Crippen LogP contribution in [0.5, 0.6) is 0 Å². The molecule has 166 valence electrons. The molecule has 0 atom stereocenters. The van der Waals surface area contributed by atoms with Crippen molar-refractivity contribution in [2.75, 3.05) is 32.5 Å². The van der Waals surface area contributed by atoms with E-state index in [1.165, 1.54) is 33.5 Å². The smallest absolute Gasteiger partial charge is 0.254 e. The number of rotatable bonds is 8. The van der Waals surface area contributed by atoms with Crippen molar-refractivity contribution in [2.45, 2.75) is 18.7 Å². The summed E-state index contributed by atoms with van der Waals surface area (Å²) in [6, 6.07) is 11.0. The van der Waals surface area contributed by atoms with Gasteiger partial charge in [0.05, 0.1) is 15.5 Å². The molecule has 0 aliphatic carbocycles. The summed E-state index contributed by atoms with van der Waals surface area (Å²) in [5, 5.41) is 2.98. The minimum Gasteiger partial charge on any atom is -0.345 e. The van der Waals surface area contributed by atoms with Crippen molar-refractivity contribution in [3.05, 3.63) is 64.7 Å². The van der Waals surface area contributed by atoms with Gasteiger partial charge in [-0.3, -0.25) is 9.59 Å². The molecule has 0 saturated carbocycles. The first-order chi connectivity index (χ1) is 14.6. The molecule has 1 N–H and O–H groups in total. The second-order valence-corrected chi connectivity index (χ2v) is 9.22. The van der Waals surface area contributed by atoms with Gasteiger partial charge in [-0.15, -0.1) is 0 Å². The van der Waals surface area contributed by atoms with E-state index in [1.54, 1.807) is 58.3 Å². The number of carbonyl (C=O) groups is 2. The highest BCUT2D eigenvalue weighted by Gasteiger charge is 2.21. The average molecular weight is 464 g/mol. The predicted molar refractivity (Wildman–Crippen MR) is 124 cm³/mol. The quantitative estimate of drug-likeness (QED) is 0.604. The van der Waals surface area contributed by atoms with Crippen molar-refractivity contribution in [1.82, 2.24) is 9.21 Å². The molecule has 0 aliphatic heterocycles. The molecule has 2 rings (SSSR count). The van der Waals surface area contributed by atoms with E-state index in [-0.39, 0.29) is 10.8 Å². The minimum atomic E-state index is -3.52. The Hall–Kier alpha value is -2.68. The number of amides is 2. The number of anilines is 1. The van der Waals surface area contributed by atoms with Gasteiger partial charge in [-0.05, 0) is 42.0 Å². The number of nitrogens with zero attached hydrogens (tertiary/aromatic N) is 2. The van der Waals surface area contributed by atoms with Crippen LogP contribution >= 0.6 is 11.6 Å². The molecule has 31 heavy (non-hydrogen) atoms. The van der Waals surface area contributed by atoms with Gasteiger partial charge in [0.15, 0.2) is 0 Å². The maximum atomic E-state index is 12.5. The maximum absolute atomic E-state index is 12.5. The first-order valence-electron chi connectivity index (χ1n) is 9.70. The molecule has 0 heterocycles. The molecule has 0 radical (unpaired) electrons. The number of halogens is 1. The monoisotopic (exact) mass is 463 g/mol. The average Bonchev–Trinajstić information content (AvgIpc) is 2.74. The van der Waals surface area contributed by atoms with Crippen LogP contribution in [-0.4, -0.2) is 56.6 Å². The SMILES string of the molecule is CCN(CC)S(=O)(=O)c1ccc(/C=C/C(=O)Nc2ccc(Cl)c(C(=O)N(C)C)c2)cc1. The fourth-order valence-corrected chi connectivity index (χ4v) is 4.48. The molecule has 0 fully saturated rings. The normalized spacial score (nSPS) is 11.7. The summed E-state index contributed by atoms with van der Waals surface area (Å²) in [4.78, 5) is 26.0. The lowest BCUT2D eigenvalue weighted by atomic mass is 10.1. The van der Waals surface area contributed by atoms with Gasteiger partial charge in [-0.2, -0.15) is 4.31 Å². The zero-order chi connectivity index (χ0) is 23.2. The van der Waals surface area contributed by atoms with Crippen LogP contribution in [0.2, 0.25) is 5.02 Å². The number of sulfonamides is 1. The Morgan fingerprint density at radius 1 is 1.03 bits per heavy atom. The van der Waals surface area contributed by atoms with E-state index in [1.807, 2.05) is 0 Å². The highest BCUT2D eigenvalue weighted by molar-refractivity contribution is 7.89. The molecule has 2 amide bonds. The van der Waals surface area contributed by atoms with Crippen molar-refractivity contribution in [2.24, 2.45) is 0 Å². The summed E-state index contributed by atoms with van der Waals surface area (Å²) in [7, 11) is -0.290. The van der Waals surface area contributed by atoms with Crippen LogP contribution in [0, 0.1) is 0 Å². The van der Waals surface area contributed by atoms with Gasteiger partial charge in [0.25, 0.3) is 5.91 Å². The Kier molecular flexibility index (Phi) is 8.38. The molecule has 2 aromatic carbocycles. The molecule has 2 aromatic rings. The third-order valence-electron chi connectivity index (χ3n) is 4.52. The lowest BCUT2D eigenvalue weighted by molar-refractivity contribution is -0.111. The van der Waals surface area contributed by atoms with Crippen molar-refractivity contribution in [3.8, 4) is 0 Å². The summed E-state index contributed by atoms with van der Waals surface area (Å²) < 4.78 is 26.4. The second kappa shape index (κ2) is 10.6. The Morgan fingerprint density at radius 3 is 2.19 bits per heavy atom. The third kappa shape index (κ3) is 6.16. The molecule has 0 aromatic heterocycles. The Labute approximate surface area is 188 Å². The van der Waals surface area contributed by atoms with E-state index in [0.29, 0.717) is 34.9 Å². The van der Waals surface area contributed by atoms with E-state index < -0.39 is 15.9 Å². The number of nitrogens with one attached hydrogen (secondary N) is 1. The zero-order valence-electron chi connectivity index (χ0n) is 17.9. The van der Waals surface area contributed by atoms with Crippen molar-refractivity contribution >= 4 is 45.2 Å². The highest BCUT2D eigenvalue weighted by Crippen LogP contribution is 2.22. The van der Waals surface area contributed by atoms with Gasteiger partial charge >= 0.3 is 0 Å². The fraction of sp³-hybridized carbons (Fsp3) is 0.273. The van der Waals surface area contributed by atoms with Crippen LogP contribution in [0.3, 0.4) is 0 Å². The summed E-state index contributed by atoms with van der Waals surface area (Å²) in [5.41, 5.74) is 1.40. The second-order valence-electron chi connectivity index (χ2n) is 6.88. The van der Waals surface area contributed by atoms with Crippen molar-refractivity contribution in [1.29, 1.82) is 0 Å². The van der Waals surface area contributed by atoms with Gasteiger partial charge in [0, 0.05) is 38.9 Å². The van der Waals surface area contributed by atoms with Crippen LogP contribution in [0.4, 0.5) is 5.69 Å². The Balaban J connectivity index is 2.11. The van der Waals surface area contributed by atoms with E-state index in [9.17, 15) is 18.0 Å². The van der Waals surface area contributed by atoms with Gasteiger partial charge in [-0.25, -0.2) is 8.42 Å². The summed E-state index contributed by atoms with van der Waals surface area (Å²) in [5.74, 6) is -0.665. The van der Waals surface area contributed by atoms with Crippen LogP contribution in [0.1, 0.15) is 29.8 Å². The molecule has 0 saturated heterocycles. The number of hydrogen-bond donors (Lipinski definition) is 1. The van der Waals surface area contributed by atoms with Gasteiger partial charge < -0.3 is 10.2 Å². The zero-order valence-corrected chi connectivity index (χ0v) is 19.5. The molecular weight excluding hydrogens is 438 g/mol. The van der Waals surface area contributed by atoms with Crippen molar-refractivity contribution in [3.63, 3.8) is 0 Å². The molecule has 0 unspecified atom stereocenters. The largest absolute Gasteiger partial charge is 0.345 e. The lowest BCUT2D eigenvalue weighted by Gasteiger charge is -2.18. The van der Waals surface area contributed by atoms with E-state index >= 15 is 0 Å². The number of benzene rings is 2. The number of carbonyl (C=O) groups excluding carboxylic acids is 2. The van der Waals surface area contributed by atoms with Gasteiger partial charge in [0.2, 0.25) is 15.9 Å². The van der Waals surface area contributed by atoms with Crippen molar-refractivity contribution < 1.29 is 18.0 Å². The highest BCUT2D eigenvalue weighted by atomic mass is 35.5. The topological polar surface area (TPSA) is 86.8 Å². The molecule has 7 nitrogen and oxygen atoms in total. The Bertz CT molecular complexity index is 1080. The first-order valence-corrected chi connectivity index (χ1v) is 11.5. The number of hydrogen-bond acceptors (Lipinski definition) is 4. The molecule has 0 spiro atoms. The summed E-state index contributed by atoms with van der Waals surface area (Å²) >= 11 is 6.08. The maximum Gasteiger partial charge on any atom is 0.254 e. The van der Waals surface area contributed by atoms with Crippen LogP contribution in [-0.2, 0) is 14.8 Å². The summed E-state index contributed by atoms with van der Waals surface area (Å²) in [6.45, 7) is 4.37. The van der Waals surface area contributed by atoms with Crippen LogP contribution in [0.25, 0.3) is 6.08 Å². The van der Waals surface area contributed by atoms with Crippen LogP contribution < -0.4 is 5.32 Å². The first kappa shape index (κ1) is 24.6. The van der Waals surface area contributed by atoms with E-state index in [2.05, 4.69) is 5.32 Å².